The Morgan fingerprint density at radius 1 is 1.14 bits per heavy atom. The lowest BCUT2D eigenvalue weighted by Gasteiger charge is -2.12. The first-order chi connectivity index (χ1) is 10.8. The Morgan fingerprint density at radius 2 is 1.91 bits per heavy atom. The normalized spacial score (nSPS) is 10.6. The van der Waals surface area contributed by atoms with Crippen LogP contribution in [0.25, 0.3) is 16.9 Å². The molecule has 1 N–H and O–H groups in total. The van der Waals surface area contributed by atoms with Gasteiger partial charge in [-0.1, -0.05) is 17.3 Å². The van der Waals surface area contributed by atoms with Crippen LogP contribution in [0.2, 0.25) is 0 Å². The molecule has 1 aromatic carbocycles. The molecule has 0 aliphatic rings. The second-order valence-electron chi connectivity index (χ2n) is 4.59. The second-order valence-corrected chi connectivity index (χ2v) is 4.59. The molecule has 0 spiro atoms. The summed E-state index contributed by atoms with van der Waals surface area (Å²) in [6.07, 6.45) is 3.39. The van der Waals surface area contributed by atoms with Gasteiger partial charge < -0.3 is 9.84 Å². The molecule has 0 amide bonds. The van der Waals surface area contributed by atoms with Crippen LogP contribution in [0.15, 0.2) is 48.8 Å². The predicted octanol–water partition coefficient (Wildman–Crippen LogP) is 2.22. The van der Waals surface area contributed by atoms with E-state index in [4.69, 9.17) is 4.74 Å². The number of para-hydroxylation sites is 2. The maximum absolute atomic E-state index is 9.55. The molecular formula is C16H16N4O2. The molecule has 0 aliphatic carbocycles. The number of aromatic nitrogens is 4. The Kier molecular flexibility index (Phi) is 4.11. The summed E-state index contributed by atoms with van der Waals surface area (Å²) in [7, 11) is 0. The number of nitrogens with zero attached hydrogens (tertiary/aromatic N) is 4. The molecule has 0 radical (unpaired) electrons. The maximum atomic E-state index is 9.55. The molecule has 6 nitrogen and oxygen atoms in total. The van der Waals surface area contributed by atoms with Gasteiger partial charge in [-0.25, -0.2) is 4.68 Å². The van der Waals surface area contributed by atoms with Crippen molar-refractivity contribution in [2.24, 2.45) is 0 Å². The fraction of sp³-hybridized carbons (Fsp3) is 0.188. The van der Waals surface area contributed by atoms with Crippen molar-refractivity contribution in [2.75, 3.05) is 6.61 Å². The van der Waals surface area contributed by atoms with Gasteiger partial charge in [-0.3, -0.25) is 4.98 Å². The first-order valence-corrected chi connectivity index (χ1v) is 7.03. The fourth-order valence-electron chi connectivity index (χ4n) is 2.30. The van der Waals surface area contributed by atoms with Gasteiger partial charge >= 0.3 is 0 Å². The number of aliphatic hydroxyl groups excluding tert-OH is 1. The molecule has 6 heteroatoms. The Hall–Kier alpha value is -2.73. The number of rotatable bonds is 5. The van der Waals surface area contributed by atoms with Crippen molar-refractivity contribution in [3.8, 4) is 22.7 Å². The van der Waals surface area contributed by atoms with E-state index < -0.39 is 0 Å². The fourth-order valence-corrected chi connectivity index (χ4v) is 2.30. The summed E-state index contributed by atoms with van der Waals surface area (Å²) in [4.78, 5) is 4.02. The van der Waals surface area contributed by atoms with Crippen LogP contribution in [0, 0.1) is 0 Å². The van der Waals surface area contributed by atoms with Crippen LogP contribution >= 0.6 is 0 Å². The van der Waals surface area contributed by atoms with E-state index in [2.05, 4.69) is 15.3 Å². The highest BCUT2D eigenvalue weighted by molar-refractivity contribution is 5.65. The van der Waals surface area contributed by atoms with Gasteiger partial charge in [-0.05, 0) is 31.2 Å². The van der Waals surface area contributed by atoms with Crippen molar-refractivity contribution in [1.29, 1.82) is 0 Å². The van der Waals surface area contributed by atoms with E-state index in [1.807, 2.05) is 43.3 Å². The zero-order chi connectivity index (χ0) is 15.4. The highest BCUT2D eigenvalue weighted by Crippen LogP contribution is 2.29. The minimum Gasteiger partial charge on any atom is -0.492 e. The summed E-state index contributed by atoms with van der Waals surface area (Å²) in [5, 5.41) is 17.8. The molecule has 0 aliphatic heterocycles. The SMILES string of the molecule is CCOc1ccccc1-n1nnc(CO)c1-c1ccncc1. The van der Waals surface area contributed by atoms with E-state index in [1.165, 1.54) is 0 Å². The van der Waals surface area contributed by atoms with E-state index in [1.54, 1.807) is 17.1 Å². The first kappa shape index (κ1) is 14.2. The van der Waals surface area contributed by atoms with Crippen molar-refractivity contribution < 1.29 is 9.84 Å². The number of hydrogen-bond donors (Lipinski definition) is 1. The zero-order valence-electron chi connectivity index (χ0n) is 12.2. The summed E-state index contributed by atoms with van der Waals surface area (Å²) in [5.74, 6) is 0.717. The third-order valence-corrected chi connectivity index (χ3v) is 3.24. The van der Waals surface area contributed by atoms with Crippen LogP contribution in [0.1, 0.15) is 12.6 Å². The van der Waals surface area contributed by atoms with Crippen LogP contribution in [0.3, 0.4) is 0 Å². The van der Waals surface area contributed by atoms with Crippen molar-refractivity contribution in [2.45, 2.75) is 13.5 Å². The van der Waals surface area contributed by atoms with Crippen LogP contribution < -0.4 is 4.74 Å². The minimum absolute atomic E-state index is 0.186. The average Bonchev–Trinajstić information content (AvgIpc) is 3.00. The lowest BCUT2D eigenvalue weighted by molar-refractivity contribution is 0.277. The quantitative estimate of drug-likeness (QED) is 0.781. The topological polar surface area (TPSA) is 73.1 Å². The Bertz CT molecular complexity index is 756. The van der Waals surface area contributed by atoms with E-state index in [0.717, 1.165) is 22.7 Å². The lowest BCUT2D eigenvalue weighted by Crippen LogP contribution is -2.04. The summed E-state index contributed by atoms with van der Waals surface area (Å²) < 4.78 is 7.35. The van der Waals surface area contributed by atoms with Gasteiger partial charge in [0.05, 0.1) is 13.2 Å². The van der Waals surface area contributed by atoms with Crippen LogP contribution in [0.5, 0.6) is 5.75 Å². The third-order valence-electron chi connectivity index (χ3n) is 3.24. The predicted molar refractivity (Wildman–Crippen MR) is 81.7 cm³/mol. The van der Waals surface area contributed by atoms with Crippen molar-refractivity contribution in [3.05, 3.63) is 54.5 Å². The van der Waals surface area contributed by atoms with E-state index in [9.17, 15) is 5.11 Å². The van der Waals surface area contributed by atoms with Crippen LogP contribution in [-0.4, -0.2) is 31.7 Å². The third kappa shape index (κ3) is 2.56. The Morgan fingerprint density at radius 3 is 2.64 bits per heavy atom. The molecule has 3 rings (SSSR count). The summed E-state index contributed by atoms with van der Waals surface area (Å²) in [6, 6.07) is 11.3. The molecule has 0 bridgehead atoms. The van der Waals surface area contributed by atoms with E-state index in [-0.39, 0.29) is 6.61 Å². The largest absolute Gasteiger partial charge is 0.492 e. The number of ether oxygens (including phenoxy) is 1. The average molecular weight is 296 g/mol. The van der Waals surface area contributed by atoms with Gasteiger partial charge in [-0.2, -0.15) is 0 Å². The smallest absolute Gasteiger partial charge is 0.145 e. The number of benzene rings is 1. The summed E-state index contributed by atoms with van der Waals surface area (Å²) in [6.45, 7) is 2.30. The number of pyridine rings is 1. The molecule has 3 aromatic rings. The number of hydrogen-bond acceptors (Lipinski definition) is 5. The van der Waals surface area contributed by atoms with Crippen molar-refractivity contribution >= 4 is 0 Å². The zero-order valence-corrected chi connectivity index (χ0v) is 12.2. The van der Waals surface area contributed by atoms with Crippen molar-refractivity contribution in [1.82, 2.24) is 20.0 Å². The van der Waals surface area contributed by atoms with Crippen LogP contribution in [-0.2, 0) is 6.61 Å². The standard InChI is InChI=1S/C16H16N4O2/c1-2-22-15-6-4-3-5-14(15)20-16(13(11-21)18-19-20)12-7-9-17-10-8-12/h3-10,21H,2,11H2,1H3. The van der Waals surface area contributed by atoms with E-state index >= 15 is 0 Å². The Balaban J connectivity index is 2.19. The molecule has 22 heavy (non-hydrogen) atoms. The second kappa shape index (κ2) is 6.36. The highest BCUT2D eigenvalue weighted by atomic mass is 16.5. The molecule has 0 saturated heterocycles. The molecule has 2 heterocycles. The molecule has 0 atom stereocenters. The van der Waals surface area contributed by atoms with Crippen molar-refractivity contribution in [3.63, 3.8) is 0 Å². The monoisotopic (exact) mass is 296 g/mol. The molecular weight excluding hydrogens is 280 g/mol. The number of aliphatic hydroxyl groups is 1. The van der Waals surface area contributed by atoms with Gasteiger partial charge in [0.15, 0.2) is 0 Å². The first-order valence-electron chi connectivity index (χ1n) is 7.03. The minimum atomic E-state index is -0.186. The van der Waals surface area contributed by atoms with Gasteiger partial charge in [0.25, 0.3) is 0 Å². The molecule has 0 unspecified atom stereocenters. The van der Waals surface area contributed by atoms with Crippen LogP contribution in [0.4, 0.5) is 0 Å². The summed E-state index contributed by atoms with van der Waals surface area (Å²) >= 11 is 0. The molecule has 0 saturated carbocycles. The Labute approximate surface area is 128 Å². The lowest BCUT2D eigenvalue weighted by atomic mass is 10.1. The van der Waals surface area contributed by atoms with Gasteiger partial charge in [0, 0.05) is 18.0 Å². The van der Waals surface area contributed by atoms with Gasteiger partial charge in [-0.15, -0.1) is 5.10 Å². The molecule has 112 valence electrons. The molecule has 0 fully saturated rings. The van der Waals surface area contributed by atoms with E-state index in [0.29, 0.717) is 12.3 Å². The maximum Gasteiger partial charge on any atom is 0.145 e. The molecule has 2 aromatic heterocycles. The van der Waals surface area contributed by atoms with Gasteiger partial charge in [0.2, 0.25) is 0 Å². The van der Waals surface area contributed by atoms with Gasteiger partial charge in [0.1, 0.15) is 22.8 Å². The summed E-state index contributed by atoms with van der Waals surface area (Å²) in [5.41, 5.74) is 2.91. The highest BCUT2D eigenvalue weighted by Gasteiger charge is 2.17.